The van der Waals surface area contributed by atoms with E-state index >= 15 is 0 Å². The highest BCUT2D eigenvalue weighted by Crippen LogP contribution is 2.30. The Morgan fingerprint density at radius 3 is 2.06 bits per heavy atom. The number of hydrogen-bond acceptors (Lipinski definition) is 4. The van der Waals surface area contributed by atoms with Crippen molar-refractivity contribution in [1.82, 2.24) is 0 Å². The normalized spacial score (nSPS) is 17.9. The van der Waals surface area contributed by atoms with Gasteiger partial charge in [0.05, 0.1) is 26.4 Å². The van der Waals surface area contributed by atoms with Crippen LogP contribution in [0.5, 0.6) is 11.5 Å². The third-order valence-corrected chi connectivity index (χ3v) is 2.48. The van der Waals surface area contributed by atoms with Crippen molar-refractivity contribution in [3.63, 3.8) is 0 Å². The van der Waals surface area contributed by atoms with E-state index in [9.17, 15) is 0 Å². The first-order valence-electron chi connectivity index (χ1n) is 5.57. The van der Waals surface area contributed by atoms with Gasteiger partial charge in [0.2, 0.25) is 0 Å². The first-order chi connectivity index (χ1) is 8.36. The average Bonchev–Trinajstić information content (AvgIpc) is 2.31. The molecule has 0 aliphatic carbocycles. The molecule has 2 rings (SSSR count). The summed E-state index contributed by atoms with van der Waals surface area (Å²) >= 11 is 5.91. The lowest BCUT2D eigenvalue weighted by Crippen LogP contribution is -2.15. The van der Waals surface area contributed by atoms with E-state index in [1.165, 1.54) is 0 Å². The number of hydrogen-bond donors (Lipinski definition) is 0. The van der Waals surface area contributed by atoms with E-state index in [0.29, 0.717) is 56.2 Å². The Bertz CT molecular complexity index is 356. The van der Waals surface area contributed by atoms with Crippen LogP contribution in [0.2, 0.25) is 5.02 Å². The zero-order chi connectivity index (χ0) is 11.9. The number of benzene rings is 1. The number of ether oxygens (including phenoxy) is 4. The highest BCUT2D eigenvalue weighted by atomic mass is 35.5. The van der Waals surface area contributed by atoms with Crippen molar-refractivity contribution in [1.29, 1.82) is 0 Å². The lowest BCUT2D eigenvalue weighted by Gasteiger charge is -2.15. The van der Waals surface area contributed by atoms with Crippen molar-refractivity contribution >= 4 is 11.6 Å². The molecule has 0 saturated carbocycles. The van der Waals surface area contributed by atoms with Gasteiger partial charge in [-0.2, -0.15) is 0 Å². The minimum atomic E-state index is 0.469. The zero-order valence-electron chi connectivity index (χ0n) is 9.49. The quantitative estimate of drug-likeness (QED) is 0.715. The minimum absolute atomic E-state index is 0.469. The molecule has 0 aromatic heterocycles. The maximum Gasteiger partial charge on any atom is 0.162 e. The maximum absolute atomic E-state index is 5.91. The summed E-state index contributed by atoms with van der Waals surface area (Å²) in [6, 6.07) is 5.31. The molecule has 5 heteroatoms. The molecule has 0 bridgehead atoms. The molecule has 0 atom stereocenters. The summed E-state index contributed by atoms with van der Waals surface area (Å²) in [5.74, 6) is 1.32. The molecule has 0 unspecified atom stereocenters. The highest BCUT2D eigenvalue weighted by molar-refractivity contribution is 6.30. The summed E-state index contributed by atoms with van der Waals surface area (Å²) in [5.41, 5.74) is 0. The molecule has 0 spiro atoms. The van der Waals surface area contributed by atoms with Gasteiger partial charge in [0.1, 0.15) is 13.2 Å². The Morgan fingerprint density at radius 2 is 1.35 bits per heavy atom. The van der Waals surface area contributed by atoms with Gasteiger partial charge in [0.15, 0.2) is 11.5 Å². The molecule has 0 N–H and O–H groups in total. The molecule has 0 amide bonds. The molecule has 0 radical (unpaired) electrons. The first-order valence-corrected chi connectivity index (χ1v) is 5.95. The molecule has 1 aliphatic rings. The van der Waals surface area contributed by atoms with E-state index in [-0.39, 0.29) is 0 Å². The van der Waals surface area contributed by atoms with Gasteiger partial charge in [-0.05, 0) is 12.1 Å². The van der Waals surface area contributed by atoms with Gasteiger partial charge in [0.25, 0.3) is 0 Å². The largest absolute Gasteiger partial charge is 0.487 e. The van der Waals surface area contributed by atoms with E-state index in [2.05, 4.69) is 0 Å². The SMILES string of the molecule is Clc1ccc2c(c1)OCCOCCOCCO2. The van der Waals surface area contributed by atoms with Gasteiger partial charge in [-0.25, -0.2) is 0 Å². The molecule has 94 valence electrons. The van der Waals surface area contributed by atoms with Crippen molar-refractivity contribution in [2.75, 3.05) is 39.6 Å². The van der Waals surface area contributed by atoms with Crippen LogP contribution in [0.15, 0.2) is 18.2 Å². The minimum Gasteiger partial charge on any atom is -0.487 e. The Balaban J connectivity index is 2.05. The van der Waals surface area contributed by atoms with Crippen molar-refractivity contribution < 1.29 is 18.9 Å². The molecule has 0 fully saturated rings. The molecule has 1 aromatic rings. The van der Waals surface area contributed by atoms with E-state index in [1.54, 1.807) is 18.2 Å². The smallest absolute Gasteiger partial charge is 0.162 e. The molecule has 1 heterocycles. The van der Waals surface area contributed by atoms with Crippen molar-refractivity contribution in [2.45, 2.75) is 0 Å². The Kier molecular flexibility index (Phi) is 4.91. The second kappa shape index (κ2) is 6.69. The predicted octanol–water partition coefficient (Wildman–Crippen LogP) is 2.14. The second-order valence-electron chi connectivity index (χ2n) is 3.51. The van der Waals surface area contributed by atoms with Gasteiger partial charge in [-0.1, -0.05) is 11.6 Å². The fraction of sp³-hybridized carbons (Fsp3) is 0.500. The van der Waals surface area contributed by atoms with E-state index in [1.807, 2.05) is 0 Å². The third-order valence-electron chi connectivity index (χ3n) is 2.25. The van der Waals surface area contributed by atoms with E-state index in [4.69, 9.17) is 30.5 Å². The molecule has 1 aliphatic heterocycles. The Morgan fingerprint density at radius 1 is 0.765 bits per heavy atom. The molecular formula is C12H15ClO4. The Labute approximate surface area is 105 Å². The van der Waals surface area contributed by atoms with Gasteiger partial charge < -0.3 is 18.9 Å². The van der Waals surface area contributed by atoms with Crippen molar-refractivity contribution in [3.8, 4) is 11.5 Å². The summed E-state index contributed by atoms with van der Waals surface area (Å²) in [4.78, 5) is 0. The fourth-order valence-corrected chi connectivity index (χ4v) is 1.62. The van der Waals surface area contributed by atoms with Crippen LogP contribution >= 0.6 is 11.6 Å². The second-order valence-corrected chi connectivity index (χ2v) is 3.95. The molecule has 17 heavy (non-hydrogen) atoms. The predicted molar refractivity (Wildman–Crippen MR) is 64.1 cm³/mol. The lowest BCUT2D eigenvalue weighted by molar-refractivity contribution is 0.0223. The monoisotopic (exact) mass is 258 g/mol. The van der Waals surface area contributed by atoms with Gasteiger partial charge >= 0.3 is 0 Å². The molecule has 1 aromatic carbocycles. The van der Waals surface area contributed by atoms with Crippen LogP contribution in [-0.2, 0) is 9.47 Å². The summed E-state index contributed by atoms with van der Waals surface area (Å²) in [6.07, 6.45) is 0. The van der Waals surface area contributed by atoms with Crippen LogP contribution in [0.1, 0.15) is 0 Å². The fourth-order valence-electron chi connectivity index (χ4n) is 1.46. The summed E-state index contributed by atoms with van der Waals surface area (Å²) in [7, 11) is 0. The summed E-state index contributed by atoms with van der Waals surface area (Å²) in [6.45, 7) is 3.16. The van der Waals surface area contributed by atoms with Gasteiger partial charge in [-0.3, -0.25) is 0 Å². The average molecular weight is 259 g/mol. The first kappa shape index (κ1) is 12.5. The van der Waals surface area contributed by atoms with E-state index in [0.717, 1.165) is 0 Å². The number of halogens is 1. The van der Waals surface area contributed by atoms with Crippen LogP contribution in [0.25, 0.3) is 0 Å². The van der Waals surface area contributed by atoms with Crippen LogP contribution in [-0.4, -0.2) is 39.6 Å². The van der Waals surface area contributed by atoms with Crippen molar-refractivity contribution in [2.24, 2.45) is 0 Å². The van der Waals surface area contributed by atoms with Gasteiger partial charge in [-0.15, -0.1) is 0 Å². The standard InChI is InChI=1S/C12H15ClO4/c13-10-1-2-11-12(9-10)17-8-6-15-4-3-14-5-7-16-11/h1-2,9H,3-8H2. The maximum atomic E-state index is 5.91. The van der Waals surface area contributed by atoms with Gasteiger partial charge in [0, 0.05) is 11.1 Å². The lowest BCUT2D eigenvalue weighted by atomic mass is 10.3. The van der Waals surface area contributed by atoms with Crippen molar-refractivity contribution in [3.05, 3.63) is 23.2 Å². The summed E-state index contributed by atoms with van der Waals surface area (Å²) in [5, 5.41) is 0.622. The molecule has 0 saturated heterocycles. The van der Waals surface area contributed by atoms with Crippen LogP contribution in [0.4, 0.5) is 0 Å². The highest BCUT2D eigenvalue weighted by Gasteiger charge is 2.07. The van der Waals surface area contributed by atoms with E-state index < -0.39 is 0 Å². The van der Waals surface area contributed by atoms with Crippen LogP contribution in [0, 0.1) is 0 Å². The molecule has 4 nitrogen and oxygen atoms in total. The van der Waals surface area contributed by atoms with Crippen LogP contribution < -0.4 is 9.47 Å². The summed E-state index contributed by atoms with van der Waals surface area (Å²) < 4.78 is 21.8. The number of rotatable bonds is 0. The number of fused-ring (bicyclic) bond motifs is 1. The Hall–Kier alpha value is -0.970. The zero-order valence-corrected chi connectivity index (χ0v) is 10.2. The molecular weight excluding hydrogens is 244 g/mol. The third kappa shape index (κ3) is 4.07. The topological polar surface area (TPSA) is 36.9 Å². The van der Waals surface area contributed by atoms with Crippen LogP contribution in [0.3, 0.4) is 0 Å².